The Morgan fingerprint density at radius 2 is 1.66 bits per heavy atom. The van der Waals surface area contributed by atoms with E-state index in [1.807, 2.05) is 0 Å². The van der Waals surface area contributed by atoms with E-state index in [9.17, 15) is 22.0 Å². The molecule has 0 spiro atoms. The van der Waals surface area contributed by atoms with Crippen molar-refractivity contribution in [2.45, 2.75) is 37.2 Å². The van der Waals surface area contributed by atoms with E-state index in [1.165, 1.54) is 52.8 Å². The maximum atomic E-state index is 12.9. The number of nitrogens with zero attached hydrogens (tertiary/aromatic N) is 1. The van der Waals surface area contributed by atoms with Crippen molar-refractivity contribution in [1.29, 1.82) is 0 Å². The predicted octanol–water partition coefficient (Wildman–Crippen LogP) is 4.11. The maximum Gasteiger partial charge on any atom is 0.387 e. The van der Waals surface area contributed by atoms with E-state index >= 15 is 0 Å². The number of hydrogen-bond acceptors (Lipinski definition) is 4. The van der Waals surface area contributed by atoms with Crippen molar-refractivity contribution in [3.05, 3.63) is 54.1 Å². The highest BCUT2D eigenvalue weighted by molar-refractivity contribution is 7.89. The molecular weight excluding hydrogens is 402 g/mol. The Labute approximate surface area is 168 Å². The topological polar surface area (TPSA) is 75.7 Å². The number of anilines is 1. The highest BCUT2D eigenvalue weighted by Gasteiger charge is 2.25. The second-order valence-corrected chi connectivity index (χ2v) is 8.64. The predicted molar refractivity (Wildman–Crippen MR) is 105 cm³/mol. The van der Waals surface area contributed by atoms with Crippen molar-refractivity contribution >= 4 is 21.6 Å². The lowest BCUT2D eigenvalue weighted by atomic mass is 10.2. The number of hydrogen-bond donors (Lipinski definition) is 1. The first-order valence-corrected chi connectivity index (χ1v) is 10.8. The Morgan fingerprint density at radius 1 is 1.00 bits per heavy atom. The van der Waals surface area contributed by atoms with E-state index in [0.717, 1.165) is 25.7 Å². The van der Waals surface area contributed by atoms with E-state index in [-0.39, 0.29) is 16.2 Å². The van der Waals surface area contributed by atoms with Gasteiger partial charge in [0.25, 0.3) is 5.91 Å². The van der Waals surface area contributed by atoms with Gasteiger partial charge in [-0.2, -0.15) is 13.1 Å². The summed E-state index contributed by atoms with van der Waals surface area (Å²) < 4.78 is 56.0. The largest absolute Gasteiger partial charge is 0.435 e. The molecule has 1 N–H and O–H groups in total. The summed E-state index contributed by atoms with van der Waals surface area (Å²) in [5.74, 6) is -0.524. The summed E-state index contributed by atoms with van der Waals surface area (Å²) in [6.07, 6.45) is 3.67. The monoisotopic (exact) mass is 424 g/mol. The lowest BCUT2D eigenvalue weighted by Crippen LogP contribution is -2.32. The molecule has 1 heterocycles. The molecule has 1 amide bonds. The van der Waals surface area contributed by atoms with Gasteiger partial charge in [-0.1, -0.05) is 18.9 Å². The molecule has 0 saturated carbocycles. The molecule has 156 valence electrons. The van der Waals surface area contributed by atoms with Crippen LogP contribution in [0, 0.1) is 0 Å². The van der Waals surface area contributed by atoms with Crippen LogP contribution in [0.2, 0.25) is 0 Å². The fourth-order valence-corrected chi connectivity index (χ4v) is 4.72. The third-order valence-corrected chi connectivity index (χ3v) is 6.53. The molecule has 0 atom stereocenters. The Morgan fingerprint density at radius 3 is 2.28 bits per heavy atom. The number of benzene rings is 2. The van der Waals surface area contributed by atoms with E-state index in [4.69, 9.17) is 0 Å². The first-order valence-electron chi connectivity index (χ1n) is 9.33. The Balaban J connectivity index is 1.73. The van der Waals surface area contributed by atoms with Gasteiger partial charge < -0.3 is 10.1 Å². The Kier molecular flexibility index (Phi) is 6.81. The van der Waals surface area contributed by atoms with Gasteiger partial charge >= 0.3 is 6.61 Å². The molecule has 1 aliphatic heterocycles. The van der Waals surface area contributed by atoms with Gasteiger partial charge in [0, 0.05) is 24.3 Å². The van der Waals surface area contributed by atoms with Crippen molar-refractivity contribution < 1.29 is 26.7 Å². The molecule has 1 fully saturated rings. The smallest absolute Gasteiger partial charge is 0.387 e. The number of carbonyl (C=O) groups is 1. The van der Waals surface area contributed by atoms with E-state index in [2.05, 4.69) is 10.1 Å². The average molecular weight is 424 g/mol. The fourth-order valence-electron chi connectivity index (χ4n) is 3.15. The highest BCUT2D eigenvalue weighted by Crippen LogP contribution is 2.22. The van der Waals surface area contributed by atoms with Gasteiger partial charge in [0.2, 0.25) is 10.0 Å². The van der Waals surface area contributed by atoms with Crippen molar-refractivity contribution in [2.24, 2.45) is 0 Å². The molecule has 2 aromatic rings. The van der Waals surface area contributed by atoms with Gasteiger partial charge in [-0.15, -0.1) is 0 Å². The Bertz CT molecular complexity index is 941. The number of carbonyl (C=O) groups excluding carboxylic acids is 1. The third-order valence-electron chi connectivity index (χ3n) is 4.64. The van der Waals surface area contributed by atoms with Crippen LogP contribution in [0.25, 0.3) is 0 Å². The minimum Gasteiger partial charge on any atom is -0.435 e. The first kappa shape index (κ1) is 21.2. The molecule has 0 radical (unpaired) electrons. The van der Waals surface area contributed by atoms with Crippen LogP contribution in [0.1, 0.15) is 36.0 Å². The van der Waals surface area contributed by atoms with Gasteiger partial charge in [-0.05, 0) is 55.3 Å². The van der Waals surface area contributed by atoms with Crippen LogP contribution in [0.15, 0.2) is 53.4 Å². The zero-order valence-corrected chi connectivity index (χ0v) is 16.5. The lowest BCUT2D eigenvalue weighted by molar-refractivity contribution is -0.0498. The zero-order valence-electron chi connectivity index (χ0n) is 15.7. The molecule has 3 rings (SSSR count). The molecule has 1 aliphatic rings. The summed E-state index contributed by atoms with van der Waals surface area (Å²) in [4.78, 5) is 12.6. The molecule has 0 aliphatic carbocycles. The van der Waals surface area contributed by atoms with Crippen LogP contribution in [0.5, 0.6) is 5.75 Å². The molecule has 0 bridgehead atoms. The van der Waals surface area contributed by atoms with Crippen molar-refractivity contribution in [3.63, 3.8) is 0 Å². The molecule has 29 heavy (non-hydrogen) atoms. The van der Waals surface area contributed by atoms with Crippen LogP contribution in [0.3, 0.4) is 0 Å². The molecule has 6 nitrogen and oxygen atoms in total. The van der Waals surface area contributed by atoms with Crippen LogP contribution in [-0.2, 0) is 10.0 Å². The summed E-state index contributed by atoms with van der Waals surface area (Å²) in [5, 5.41) is 2.62. The van der Waals surface area contributed by atoms with Gasteiger partial charge in [-0.3, -0.25) is 4.79 Å². The van der Waals surface area contributed by atoms with Crippen LogP contribution in [0.4, 0.5) is 14.5 Å². The summed E-state index contributed by atoms with van der Waals surface area (Å²) >= 11 is 0. The number of alkyl halides is 2. The van der Waals surface area contributed by atoms with Crippen LogP contribution >= 0.6 is 0 Å². The third kappa shape index (κ3) is 5.51. The minimum absolute atomic E-state index is 0.0245. The minimum atomic E-state index is -3.67. The van der Waals surface area contributed by atoms with Gasteiger partial charge in [0.1, 0.15) is 5.75 Å². The average Bonchev–Trinajstić information content (AvgIpc) is 2.99. The van der Waals surface area contributed by atoms with Crippen molar-refractivity contribution in [2.75, 3.05) is 18.4 Å². The summed E-state index contributed by atoms with van der Waals surface area (Å²) in [6, 6.07) is 11.3. The maximum absolute atomic E-state index is 12.9. The number of nitrogens with one attached hydrogen (secondary N) is 1. The van der Waals surface area contributed by atoms with Crippen LogP contribution in [-0.4, -0.2) is 38.3 Å². The quantitative estimate of drug-likeness (QED) is 0.757. The molecule has 9 heteroatoms. The summed E-state index contributed by atoms with van der Waals surface area (Å²) in [6.45, 7) is -1.97. The van der Waals surface area contributed by atoms with Gasteiger partial charge in [0.05, 0.1) is 4.90 Å². The number of amides is 1. The van der Waals surface area contributed by atoms with Crippen molar-refractivity contribution in [3.8, 4) is 5.75 Å². The van der Waals surface area contributed by atoms with E-state index in [1.54, 1.807) is 0 Å². The zero-order chi connectivity index (χ0) is 20.9. The number of rotatable bonds is 6. The Hall–Kier alpha value is -2.52. The lowest BCUT2D eigenvalue weighted by Gasteiger charge is -2.20. The molecular formula is C20H22F2N2O4S. The second kappa shape index (κ2) is 9.32. The van der Waals surface area contributed by atoms with Crippen LogP contribution < -0.4 is 10.1 Å². The first-order chi connectivity index (χ1) is 13.9. The number of halogens is 2. The van der Waals surface area contributed by atoms with Gasteiger partial charge in [0.15, 0.2) is 0 Å². The SMILES string of the molecule is O=C(Nc1ccc(OC(F)F)cc1)c1cccc(S(=O)(=O)N2CCCCCC2)c1. The van der Waals surface area contributed by atoms with Gasteiger partial charge in [-0.25, -0.2) is 8.42 Å². The number of ether oxygens (including phenoxy) is 1. The standard InChI is InChI=1S/C20H22F2N2O4S/c21-20(22)28-17-10-8-16(9-11-17)23-19(25)15-6-5-7-18(14-15)29(26,27)24-12-3-1-2-4-13-24/h5-11,14,20H,1-4,12-13H2,(H,23,25). The molecule has 1 saturated heterocycles. The molecule has 0 unspecified atom stereocenters. The van der Waals surface area contributed by atoms with E-state index < -0.39 is 22.5 Å². The highest BCUT2D eigenvalue weighted by atomic mass is 32.2. The fraction of sp³-hybridized carbons (Fsp3) is 0.350. The second-order valence-electron chi connectivity index (χ2n) is 6.70. The normalized spacial score (nSPS) is 15.7. The summed E-state index contributed by atoms with van der Waals surface area (Å²) in [5.41, 5.74) is 0.561. The molecule has 2 aromatic carbocycles. The molecule has 0 aromatic heterocycles. The number of sulfonamides is 1. The van der Waals surface area contributed by atoms with Crippen molar-refractivity contribution in [1.82, 2.24) is 4.31 Å². The van der Waals surface area contributed by atoms with E-state index in [0.29, 0.717) is 18.8 Å². The summed E-state index contributed by atoms with van der Waals surface area (Å²) in [7, 11) is -3.67.